The Kier molecular flexibility index (Phi) is 5.55. The van der Waals surface area contributed by atoms with Crippen molar-refractivity contribution in [2.45, 2.75) is 25.4 Å². The fourth-order valence-corrected chi connectivity index (χ4v) is 2.83. The van der Waals surface area contributed by atoms with E-state index in [9.17, 15) is 13.2 Å². The van der Waals surface area contributed by atoms with Crippen LogP contribution in [0.1, 0.15) is 35.4 Å². The Morgan fingerprint density at radius 1 is 1.15 bits per heavy atom. The van der Waals surface area contributed by atoms with Crippen molar-refractivity contribution in [2.75, 3.05) is 0 Å². The van der Waals surface area contributed by atoms with E-state index in [1.165, 1.54) is 28.6 Å². The van der Waals surface area contributed by atoms with Gasteiger partial charge in [0.25, 0.3) is 0 Å². The molecule has 0 saturated carbocycles. The van der Waals surface area contributed by atoms with Crippen LogP contribution in [-0.4, -0.2) is 21.1 Å². The van der Waals surface area contributed by atoms with Crippen LogP contribution in [0.2, 0.25) is 0 Å². The van der Waals surface area contributed by atoms with Gasteiger partial charge in [-0.1, -0.05) is 49.4 Å². The van der Waals surface area contributed by atoms with Crippen LogP contribution >= 0.6 is 12.2 Å². The van der Waals surface area contributed by atoms with E-state index < -0.39 is 11.7 Å². The molecule has 3 rings (SSSR count). The summed E-state index contributed by atoms with van der Waals surface area (Å²) in [5.74, 6) is 0.857. The third-order valence-corrected chi connectivity index (χ3v) is 4.40. The number of H-pyrrole nitrogens is 1. The van der Waals surface area contributed by atoms with Gasteiger partial charge in [-0.25, -0.2) is 0 Å². The van der Waals surface area contributed by atoms with Gasteiger partial charge in [-0.2, -0.15) is 28.0 Å². The van der Waals surface area contributed by atoms with Gasteiger partial charge in [0.2, 0.25) is 4.77 Å². The lowest BCUT2D eigenvalue weighted by atomic mass is 9.98. The second kappa shape index (κ2) is 7.87. The van der Waals surface area contributed by atoms with Gasteiger partial charge in [-0.05, 0) is 41.4 Å². The van der Waals surface area contributed by atoms with Gasteiger partial charge >= 0.3 is 6.18 Å². The second-order valence-electron chi connectivity index (χ2n) is 6.14. The summed E-state index contributed by atoms with van der Waals surface area (Å²) in [7, 11) is 0. The van der Waals surface area contributed by atoms with Crippen molar-refractivity contribution in [3.05, 3.63) is 81.9 Å². The highest BCUT2D eigenvalue weighted by molar-refractivity contribution is 7.71. The molecule has 2 aromatic carbocycles. The summed E-state index contributed by atoms with van der Waals surface area (Å²) < 4.78 is 39.7. The molecule has 8 heteroatoms. The SMILES string of the molecule is C[C@@H](Cc1n[nH]c(=S)n1/N=C\c1ccc(C(F)(F)F)cc1)c1ccccc1. The topological polar surface area (TPSA) is 46.0 Å². The summed E-state index contributed by atoms with van der Waals surface area (Å²) in [6.07, 6.45) is -2.28. The van der Waals surface area contributed by atoms with Crippen LogP contribution in [0.15, 0.2) is 59.7 Å². The number of hydrogen-bond donors (Lipinski definition) is 1. The molecule has 1 aromatic heterocycles. The van der Waals surface area contributed by atoms with E-state index in [0.29, 0.717) is 22.6 Å². The molecule has 4 nitrogen and oxygen atoms in total. The number of halogens is 3. The molecule has 0 amide bonds. The summed E-state index contributed by atoms with van der Waals surface area (Å²) in [5.41, 5.74) is 1.01. The molecule has 1 N–H and O–H groups in total. The number of aromatic nitrogens is 3. The molecule has 0 bridgehead atoms. The Hall–Kier alpha value is -2.74. The van der Waals surface area contributed by atoms with E-state index in [2.05, 4.69) is 22.2 Å². The van der Waals surface area contributed by atoms with Crippen molar-refractivity contribution in [3.8, 4) is 0 Å². The molecule has 3 aromatic rings. The molecule has 140 valence electrons. The van der Waals surface area contributed by atoms with Crippen LogP contribution < -0.4 is 0 Å². The zero-order chi connectivity index (χ0) is 19.4. The normalized spacial score (nSPS) is 13.2. The Morgan fingerprint density at radius 2 is 1.81 bits per heavy atom. The number of nitrogens with one attached hydrogen (secondary N) is 1. The van der Waals surface area contributed by atoms with Crippen molar-refractivity contribution >= 4 is 18.4 Å². The van der Waals surface area contributed by atoms with Gasteiger partial charge < -0.3 is 0 Å². The van der Waals surface area contributed by atoms with Gasteiger partial charge in [0.1, 0.15) is 0 Å². The van der Waals surface area contributed by atoms with Crippen molar-refractivity contribution < 1.29 is 13.2 Å². The molecule has 0 aliphatic carbocycles. The molecular formula is C19H17F3N4S. The van der Waals surface area contributed by atoms with Crippen molar-refractivity contribution in [1.82, 2.24) is 14.9 Å². The molecule has 0 unspecified atom stereocenters. The summed E-state index contributed by atoms with van der Waals surface area (Å²) in [6, 6.07) is 14.8. The number of rotatable bonds is 5. The van der Waals surface area contributed by atoms with E-state index in [1.807, 2.05) is 30.3 Å². The minimum absolute atomic E-state index is 0.205. The molecular weight excluding hydrogens is 373 g/mol. The minimum atomic E-state index is -4.36. The molecule has 1 heterocycles. The molecule has 0 saturated heterocycles. The quantitative estimate of drug-likeness (QED) is 0.481. The fraction of sp³-hybridized carbons (Fsp3) is 0.211. The van der Waals surface area contributed by atoms with Crippen LogP contribution in [0, 0.1) is 4.77 Å². The Bertz CT molecular complexity index is 973. The first kappa shape index (κ1) is 19.0. The summed E-state index contributed by atoms with van der Waals surface area (Å²) in [5, 5.41) is 11.2. The molecule has 1 atom stereocenters. The zero-order valence-corrected chi connectivity index (χ0v) is 15.3. The average Bonchev–Trinajstić information content (AvgIpc) is 3.00. The molecule has 0 fully saturated rings. The number of benzene rings is 2. The largest absolute Gasteiger partial charge is 0.416 e. The highest BCUT2D eigenvalue weighted by Gasteiger charge is 2.29. The van der Waals surface area contributed by atoms with Crippen molar-refractivity contribution in [1.29, 1.82) is 0 Å². The van der Waals surface area contributed by atoms with Gasteiger partial charge in [-0.3, -0.25) is 5.10 Å². The first-order valence-corrected chi connectivity index (χ1v) is 8.68. The van der Waals surface area contributed by atoms with Gasteiger partial charge in [0, 0.05) is 6.42 Å². The first-order valence-electron chi connectivity index (χ1n) is 8.27. The maximum Gasteiger partial charge on any atom is 0.416 e. The molecule has 0 aliphatic rings. The highest BCUT2D eigenvalue weighted by atomic mass is 32.1. The lowest BCUT2D eigenvalue weighted by Crippen LogP contribution is -2.06. The van der Waals surface area contributed by atoms with E-state index in [-0.39, 0.29) is 5.92 Å². The maximum absolute atomic E-state index is 12.6. The predicted octanol–water partition coefficient (Wildman–Crippen LogP) is 5.19. The van der Waals surface area contributed by atoms with E-state index in [4.69, 9.17) is 12.2 Å². The monoisotopic (exact) mass is 390 g/mol. The van der Waals surface area contributed by atoms with E-state index in [1.54, 1.807) is 0 Å². The Balaban J connectivity index is 1.79. The zero-order valence-electron chi connectivity index (χ0n) is 14.4. The van der Waals surface area contributed by atoms with Crippen LogP contribution in [0.25, 0.3) is 0 Å². The van der Waals surface area contributed by atoms with E-state index >= 15 is 0 Å². The number of hydrogen-bond acceptors (Lipinski definition) is 3. The molecule has 0 radical (unpaired) electrons. The lowest BCUT2D eigenvalue weighted by Gasteiger charge is -2.10. The van der Waals surface area contributed by atoms with Gasteiger partial charge in [0.05, 0.1) is 11.8 Å². The predicted molar refractivity (Wildman–Crippen MR) is 100 cm³/mol. The van der Waals surface area contributed by atoms with Crippen LogP contribution in [-0.2, 0) is 12.6 Å². The second-order valence-corrected chi connectivity index (χ2v) is 6.52. The summed E-state index contributed by atoms with van der Waals surface area (Å²) in [4.78, 5) is 0. The van der Waals surface area contributed by atoms with Crippen molar-refractivity contribution in [3.63, 3.8) is 0 Å². The van der Waals surface area contributed by atoms with Gasteiger partial charge in [-0.15, -0.1) is 0 Å². The van der Waals surface area contributed by atoms with Crippen LogP contribution in [0.4, 0.5) is 13.2 Å². The molecule has 0 aliphatic heterocycles. The van der Waals surface area contributed by atoms with Crippen LogP contribution in [0.5, 0.6) is 0 Å². The number of aromatic amines is 1. The number of nitrogens with zero attached hydrogens (tertiary/aromatic N) is 3. The highest BCUT2D eigenvalue weighted by Crippen LogP contribution is 2.28. The third kappa shape index (κ3) is 4.71. The van der Waals surface area contributed by atoms with Crippen LogP contribution in [0.3, 0.4) is 0 Å². The lowest BCUT2D eigenvalue weighted by molar-refractivity contribution is -0.137. The van der Waals surface area contributed by atoms with Gasteiger partial charge in [0.15, 0.2) is 5.82 Å². The Morgan fingerprint density at radius 3 is 2.44 bits per heavy atom. The fourth-order valence-electron chi connectivity index (χ4n) is 2.63. The summed E-state index contributed by atoms with van der Waals surface area (Å²) in [6.45, 7) is 2.08. The maximum atomic E-state index is 12.6. The average molecular weight is 390 g/mol. The third-order valence-electron chi connectivity index (χ3n) is 4.14. The first-order chi connectivity index (χ1) is 12.8. The van der Waals surface area contributed by atoms with E-state index in [0.717, 1.165) is 12.1 Å². The molecule has 0 spiro atoms. The summed E-state index contributed by atoms with van der Waals surface area (Å²) >= 11 is 5.21. The molecule has 27 heavy (non-hydrogen) atoms. The minimum Gasteiger partial charge on any atom is -0.250 e. The van der Waals surface area contributed by atoms with Crippen molar-refractivity contribution in [2.24, 2.45) is 5.10 Å². The smallest absolute Gasteiger partial charge is 0.250 e. The number of alkyl halides is 3. The Labute approximate surface area is 159 Å². The standard InChI is InChI=1S/C19H17F3N4S/c1-13(15-5-3-2-4-6-15)11-17-24-25-18(27)26(17)23-12-14-7-9-16(10-8-14)19(20,21)22/h2-10,12-13H,11H2,1H3,(H,25,27)/b23-12-/t13-/m0/s1.